The Morgan fingerprint density at radius 3 is 2.50 bits per heavy atom. The number of rotatable bonds is 4. The highest BCUT2D eigenvalue weighted by molar-refractivity contribution is 5.93. The largest absolute Gasteiger partial charge is 0.348 e. The van der Waals surface area contributed by atoms with E-state index in [2.05, 4.69) is 29.2 Å². The highest BCUT2D eigenvalue weighted by atomic mass is 16.2. The van der Waals surface area contributed by atoms with Crippen LogP contribution in [0, 0.1) is 12.8 Å². The van der Waals surface area contributed by atoms with E-state index in [4.69, 9.17) is 0 Å². The molecule has 1 N–H and O–H groups in total. The number of nitrogens with zero attached hydrogens (tertiary/aromatic N) is 3. The molecule has 0 aliphatic heterocycles. The van der Waals surface area contributed by atoms with Crippen molar-refractivity contribution >= 4 is 11.6 Å². The molecule has 0 aliphatic carbocycles. The minimum atomic E-state index is -0.130. The van der Waals surface area contributed by atoms with Crippen LogP contribution in [0.25, 0.3) is 16.9 Å². The summed E-state index contributed by atoms with van der Waals surface area (Å²) in [4.78, 5) is 17.2. The summed E-state index contributed by atoms with van der Waals surface area (Å²) in [6.07, 6.45) is 0. The lowest BCUT2D eigenvalue weighted by Gasteiger charge is -2.17. The van der Waals surface area contributed by atoms with Crippen LogP contribution in [0.15, 0.2) is 42.5 Å². The highest BCUT2D eigenvalue weighted by Crippen LogP contribution is 2.20. The highest BCUT2D eigenvalue weighted by Gasteiger charge is 2.18. The van der Waals surface area contributed by atoms with Crippen molar-refractivity contribution in [1.29, 1.82) is 0 Å². The molecule has 0 saturated carbocycles. The lowest BCUT2D eigenvalue weighted by molar-refractivity contribution is 0.0922. The van der Waals surface area contributed by atoms with Crippen LogP contribution in [-0.2, 0) is 0 Å². The number of hydrogen-bond acceptors (Lipinski definition) is 3. The molecule has 1 atom stereocenters. The van der Waals surface area contributed by atoms with Crippen molar-refractivity contribution in [3.8, 4) is 11.3 Å². The SMILES string of the molecule is Cc1cc(C(=O)NC(C)C(C)C)n2nc(-c3ccccc3)cc2n1. The lowest BCUT2D eigenvalue weighted by Crippen LogP contribution is -2.37. The van der Waals surface area contributed by atoms with E-state index in [1.165, 1.54) is 0 Å². The average Bonchev–Trinajstić information content (AvgIpc) is 2.98. The van der Waals surface area contributed by atoms with Crippen LogP contribution in [0.1, 0.15) is 37.0 Å². The second-order valence-electron chi connectivity index (χ2n) is 6.45. The molecule has 0 radical (unpaired) electrons. The van der Waals surface area contributed by atoms with E-state index in [0.717, 1.165) is 17.0 Å². The maximum absolute atomic E-state index is 12.7. The molecule has 24 heavy (non-hydrogen) atoms. The zero-order chi connectivity index (χ0) is 17.3. The number of nitrogens with one attached hydrogen (secondary N) is 1. The molecule has 2 aromatic heterocycles. The Kier molecular flexibility index (Phi) is 4.34. The van der Waals surface area contributed by atoms with Gasteiger partial charge in [0.05, 0.1) is 5.69 Å². The molecular formula is C19H22N4O. The second-order valence-corrected chi connectivity index (χ2v) is 6.45. The summed E-state index contributed by atoms with van der Waals surface area (Å²) < 4.78 is 1.62. The topological polar surface area (TPSA) is 59.3 Å². The van der Waals surface area contributed by atoms with Gasteiger partial charge in [-0.15, -0.1) is 0 Å². The Morgan fingerprint density at radius 2 is 1.83 bits per heavy atom. The number of aromatic nitrogens is 3. The molecule has 1 aromatic carbocycles. The third-order valence-corrected chi connectivity index (χ3v) is 4.22. The van der Waals surface area contributed by atoms with E-state index >= 15 is 0 Å². The molecule has 124 valence electrons. The summed E-state index contributed by atoms with van der Waals surface area (Å²) in [7, 11) is 0. The minimum absolute atomic E-state index is 0.0881. The molecule has 5 nitrogen and oxygen atoms in total. The van der Waals surface area contributed by atoms with Crippen molar-refractivity contribution in [3.05, 3.63) is 53.9 Å². The van der Waals surface area contributed by atoms with E-state index < -0.39 is 0 Å². The average molecular weight is 322 g/mol. The Morgan fingerprint density at radius 1 is 1.12 bits per heavy atom. The molecule has 1 amide bonds. The summed E-state index contributed by atoms with van der Waals surface area (Å²) in [6, 6.07) is 13.7. The van der Waals surface area contributed by atoms with Crippen LogP contribution in [0.5, 0.6) is 0 Å². The van der Waals surface area contributed by atoms with Crippen LogP contribution < -0.4 is 5.32 Å². The maximum Gasteiger partial charge on any atom is 0.270 e. The Labute approximate surface area is 141 Å². The van der Waals surface area contributed by atoms with Crippen molar-refractivity contribution in [2.75, 3.05) is 0 Å². The molecule has 2 heterocycles. The fourth-order valence-corrected chi connectivity index (χ4v) is 2.46. The summed E-state index contributed by atoms with van der Waals surface area (Å²) in [5.74, 6) is 0.235. The van der Waals surface area contributed by atoms with Crippen LogP contribution in [0.2, 0.25) is 0 Å². The predicted octanol–water partition coefficient (Wildman–Crippen LogP) is 3.48. The van der Waals surface area contributed by atoms with E-state index in [0.29, 0.717) is 17.3 Å². The number of carbonyl (C=O) groups excluding carboxylic acids is 1. The lowest BCUT2D eigenvalue weighted by atomic mass is 10.1. The number of benzene rings is 1. The molecule has 0 fully saturated rings. The first-order valence-electron chi connectivity index (χ1n) is 8.19. The number of hydrogen-bond donors (Lipinski definition) is 1. The third kappa shape index (κ3) is 3.15. The Hall–Kier alpha value is -2.69. The molecular weight excluding hydrogens is 300 g/mol. The van der Waals surface area contributed by atoms with Crippen molar-refractivity contribution in [3.63, 3.8) is 0 Å². The van der Waals surface area contributed by atoms with Crippen molar-refractivity contribution in [2.45, 2.75) is 33.7 Å². The molecule has 3 aromatic rings. The van der Waals surface area contributed by atoms with E-state index in [1.54, 1.807) is 10.6 Å². The van der Waals surface area contributed by atoms with Gasteiger partial charge in [0.15, 0.2) is 5.65 Å². The Balaban J connectivity index is 2.05. The molecule has 0 spiro atoms. The first kappa shape index (κ1) is 16.2. The number of amides is 1. The van der Waals surface area contributed by atoms with Gasteiger partial charge in [-0.2, -0.15) is 5.10 Å². The summed E-state index contributed by atoms with van der Waals surface area (Å²) in [6.45, 7) is 8.06. The van der Waals surface area contributed by atoms with E-state index in [-0.39, 0.29) is 11.9 Å². The minimum Gasteiger partial charge on any atom is -0.348 e. The van der Waals surface area contributed by atoms with Crippen LogP contribution in [0.3, 0.4) is 0 Å². The van der Waals surface area contributed by atoms with Gasteiger partial charge in [-0.25, -0.2) is 9.50 Å². The molecule has 1 unspecified atom stereocenters. The zero-order valence-electron chi connectivity index (χ0n) is 14.4. The van der Waals surface area contributed by atoms with Crippen LogP contribution in [-0.4, -0.2) is 26.5 Å². The number of aryl methyl sites for hydroxylation is 1. The fourth-order valence-electron chi connectivity index (χ4n) is 2.46. The van der Waals surface area contributed by atoms with Crippen LogP contribution in [0.4, 0.5) is 0 Å². The van der Waals surface area contributed by atoms with Gasteiger partial charge in [-0.05, 0) is 25.8 Å². The molecule has 0 saturated heterocycles. The van der Waals surface area contributed by atoms with E-state index in [1.807, 2.05) is 50.2 Å². The third-order valence-electron chi connectivity index (χ3n) is 4.22. The van der Waals surface area contributed by atoms with Gasteiger partial charge in [0.25, 0.3) is 5.91 Å². The monoisotopic (exact) mass is 322 g/mol. The van der Waals surface area contributed by atoms with Gasteiger partial charge in [-0.3, -0.25) is 4.79 Å². The quantitative estimate of drug-likeness (QED) is 0.800. The summed E-state index contributed by atoms with van der Waals surface area (Å²) >= 11 is 0. The van der Waals surface area contributed by atoms with Gasteiger partial charge in [0, 0.05) is 23.4 Å². The first-order chi connectivity index (χ1) is 11.5. The molecule has 5 heteroatoms. The normalized spacial score (nSPS) is 12.5. The smallest absolute Gasteiger partial charge is 0.270 e. The standard InChI is InChI=1S/C19H22N4O/c1-12(2)14(4)21-19(24)17-10-13(3)20-18-11-16(22-23(17)18)15-8-6-5-7-9-15/h5-12,14H,1-4H3,(H,21,24). The van der Waals surface area contributed by atoms with Crippen molar-refractivity contribution < 1.29 is 4.79 Å². The van der Waals surface area contributed by atoms with Gasteiger partial charge < -0.3 is 5.32 Å². The van der Waals surface area contributed by atoms with E-state index in [9.17, 15) is 4.79 Å². The predicted molar refractivity (Wildman–Crippen MR) is 94.9 cm³/mol. The maximum atomic E-state index is 12.7. The zero-order valence-corrected chi connectivity index (χ0v) is 14.4. The van der Waals surface area contributed by atoms with Crippen molar-refractivity contribution in [1.82, 2.24) is 19.9 Å². The van der Waals surface area contributed by atoms with Crippen LogP contribution >= 0.6 is 0 Å². The molecule has 0 bridgehead atoms. The summed E-state index contributed by atoms with van der Waals surface area (Å²) in [5.41, 5.74) is 3.79. The Bertz CT molecular complexity index is 868. The molecule has 3 rings (SSSR count). The molecule has 0 aliphatic rings. The van der Waals surface area contributed by atoms with Crippen molar-refractivity contribution in [2.24, 2.45) is 5.92 Å². The second kappa shape index (κ2) is 6.43. The summed E-state index contributed by atoms with van der Waals surface area (Å²) in [5, 5.41) is 7.63. The number of fused-ring (bicyclic) bond motifs is 1. The van der Waals surface area contributed by atoms with Gasteiger partial charge >= 0.3 is 0 Å². The number of carbonyl (C=O) groups is 1. The van der Waals surface area contributed by atoms with Gasteiger partial charge in [-0.1, -0.05) is 44.2 Å². The van der Waals surface area contributed by atoms with Gasteiger partial charge in [0.1, 0.15) is 5.69 Å². The van der Waals surface area contributed by atoms with Gasteiger partial charge in [0.2, 0.25) is 0 Å². The first-order valence-corrected chi connectivity index (χ1v) is 8.19. The fraction of sp³-hybridized carbons (Fsp3) is 0.316.